The van der Waals surface area contributed by atoms with E-state index in [9.17, 15) is 9.59 Å². The molecule has 0 spiro atoms. The predicted molar refractivity (Wildman–Crippen MR) is 92.7 cm³/mol. The third-order valence-electron chi connectivity index (χ3n) is 3.67. The number of aromatic nitrogens is 3. The van der Waals surface area contributed by atoms with Crippen LogP contribution in [0.1, 0.15) is 16.1 Å². The van der Waals surface area contributed by atoms with Crippen LogP contribution in [0, 0.1) is 0 Å². The van der Waals surface area contributed by atoms with Crippen LogP contribution >= 0.6 is 11.6 Å². The minimum absolute atomic E-state index is 0.0231. The van der Waals surface area contributed by atoms with Crippen molar-refractivity contribution in [3.05, 3.63) is 59.0 Å². The number of fused-ring (bicyclic) bond motifs is 1. The fourth-order valence-corrected chi connectivity index (χ4v) is 2.70. The second-order valence-electron chi connectivity index (χ2n) is 5.40. The van der Waals surface area contributed by atoms with Crippen LogP contribution < -0.4 is 5.32 Å². The Bertz CT molecular complexity index is 939. The third-order valence-corrected chi connectivity index (χ3v) is 4.00. The highest BCUT2D eigenvalue weighted by molar-refractivity contribution is 6.35. The average molecular weight is 359 g/mol. The van der Waals surface area contributed by atoms with E-state index in [1.165, 1.54) is 10.7 Å². The lowest BCUT2D eigenvalue weighted by molar-refractivity contribution is -0.120. The first-order valence-corrected chi connectivity index (χ1v) is 7.98. The van der Waals surface area contributed by atoms with Crippen molar-refractivity contribution < 1.29 is 14.7 Å². The summed E-state index contributed by atoms with van der Waals surface area (Å²) in [4.78, 5) is 27.2. The number of nitrogens with zero attached hydrogens (tertiary/aromatic N) is 3. The lowest BCUT2D eigenvalue weighted by atomic mass is 10.1. The standard InChI is InChI=1S/C17H15ClN4O3/c18-13-4-3-11(16-12(13)2-1-6-20-16)10-15(23)19-7-9-22-8-5-14(21-22)17(24)25/h1-6,8H,7,9-10H2,(H,19,23)(H,24,25). The number of carboxylic acids is 1. The number of rotatable bonds is 6. The fourth-order valence-electron chi connectivity index (χ4n) is 2.48. The van der Waals surface area contributed by atoms with Gasteiger partial charge in [0, 0.05) is 29.3 Å². The van der Waals surface area contributed by atoms with Gasteiger partial charge in [0.05, 0.1) is 18.5 Å². The van der Waals surface area contributed by atoms with Gasteiger partial charge < -0.3 is 10.4 Å². The molecule has 0 radical (unpaired) electrons. The summed E-state index contributed by atoms with van der Waals surface area (Å²) >= 11 is 6.15. The minimum Gasteiger partial charge on any atom is -0.476 e. The van der Waals surface area contributed by atoms with Gasteiger partial charge in [0.2, 0.25) is 5.91 Å². The van der Waals surface area contributed by atoms with E-state index in [2.05, 4.69) is 15.4 Å². The summed E-state index contributed by atoms with van der Waals surface area (Å²) in [7, 11) is 0. The average Bonchev–Trinajstić information content (AvgIpc) is 3.07. The van der Waals surface area contributed by atoms with Crippen LogP contribution in [0.3, 0.4) is 0 Å². The van der Waals surface area contributed by atoms with Gasteiger partial charge >= 0.3 is 5.97 Å². The predicted octanol–water partition coefficient (Wildman–Crippen LogP) is 2.14. The molecule has 1 amide bonds. The number of hydrogen-bond donors (Lipinski definition) is 2. The maximum Gasteiger partial charge on any atom is 0.356 e. The Labute approximate surface area is 148 Å². The molecule has 0 unspecified atom stereocenters. The van der Waals surface area contributed by atoms with E-state index in [1.807, 2.05) is 6.07 Å². The van der Waals surface area contributed by atoms with Crippen molar-refractivity contribution in [3.63, 3.8) is 0 Å². The molecule has 0 saturated carbocycles. The molecule has 2 heterocycles. The number of carbonyl (C=O) groups is 2. The molecule has 0 aliphatic rings. The number of amides is 1. The maximum atomic E-state index is 12.1. The highest BCUT2D eigenvalue weighted by atomic mass is 35.5. The highest BCUT2D eigenvalue weighted by Gasteiger charge is 2.10. The minimum atomic E-state index is -1.08. The van der Waals surface area contributed by atoms with Gasteiger partial charge in [-0.15, -0.1) is 0 Å². The van der Waals surface area contributed by atoms with E-state index in [-0.39, 0.29) is 18.0 Å². The Morgan fingerprint density at radius 2 is 2.08 bits per heavy atom. The Morgan fingerprint density at radius 3 is 2.84 bits per heavy atom. The normalized spacial score (nSPS) is 10.8. The lowest BCUT2D eigenvalue weighted by Gasteiger charge is -2.08. The highest BCUT2D eigenvalue weighted by Crippen LogP contribution is 2.24. The van der Waals surface area contributed by atoms with Gasteiger partial charge in [0.1, 0.15) is 0 Å². The molecule has 2 N–H and O–H groups in total. The van der Waals surface area contributed by atoms with Gasteiger partial charge in [-0.25, -0.2) is 4.79 Å². The largest absolute Gasteiger partial charge is 0.476 e. The van der Waals surface area contributed by atoms with Gasteiger partial charge in [-0.05, 0) is 29.8 Å². The Morgan fingerprint density at radius 1 is 1.24 bits per heavy atom. The molecule has 0 fully saturated rings. The second-order valence-corrected chi connectivity index (χ2v) is 5.81. The summed E-state index contributed by atoms with van der Waals surface area (Å²) in [6.45, 7) is 0.733. The van der Waals surface area contributed by atoms with Crippen LogP contribution in [0.4, 0.5) is 0 Å². The number of pyridine rings is 1. The van der Waals surface area contributed by atoms with Crippen LogP contribution in [0.5, 0.6) is 0 Å². The quantitative estimate of drug-likeness (QED) is 0.703. The monoisotopic (exact) mass is 358 g/mol. The first kappa shape index (κ1) is 16.9. The van der Waals surface area contributed by atoms with Crippen LogP contribution in [0.15, 0.2) is 42.7 Å². The van der Waals surface area contributed by atoms with Crippen molar-refractivity contribution >= 4 is 34.4 Å². The van der Waals surface area contributed by atoms with Crippen LogP contribution in [-0.4, -0.2) is 38.3 Å². The molecule has 7 nitrogen and oxygen atoms in total. The van der Waals surface area contributed by atoms with E-state index in [0.717, 1.165) is 10.9 Å². The molecule has 25 heavy (non-hydrogen) atoms. The van der Waals surface area contributed by atoms with E-state index in [4.69, 9.17) is 16.7 Å². The zero-order valence-electron chi connectivity index (χ0n) is 13.1. The molecule has 128 valence electrons. The summed E-state index contributed by atoms with van der Waals surface area (Å²) in [5.41, 5.74) is 1.48. The summed E-state index contributed by atoms with van der Waals surface area (Å²) in [6, 6.07) is 8.63. The summed E-state index contributed by atoms with van der Waals surface area (Å²) in [5, 5.41) is 16.9. The Kier molecular flexibility index (Phi) is 4.95. The van der Waals surface area contributed by atoms with E-state index >= 15 is 0 Å². The molecule has 0 atom stereocenters. The van der Waals surface area contributed by atoms with Crippen molar-refractivity contribution in [2.75, 3.05) is 6.54 Å². The van der Waals surface area contributed by atoms with E-state index in [0.29, 0.717) is 23.6 Å². The SMILES string of the molecule is O=C(Cc1ccc(Cl)c2cccnc12)NCCn1ccc(C(=O)O)n1. The maximum absolute atomic E-state index is 12.1. The van der Waals surface area contributed by atoms with E-state index < -0.39 is 5.97 Å². The molecular weight excluding hydrogens is 344 g/mol. The Balaban J connectivity index is 1.59. The van der Waals surface area contributed by atoms with Gasteiger partial charge in [-0.3, -0.25) is 14.5 Å². The smallest absolute Gasteiger partial charge is 0.356 e. The molecule has 0 aliphatic heterocycles. The van der Waals surface area contributed by atoms with Gasteiger partial charge in [0.15, 0.2) is 5.69 Å². The molecule has 8 heteroatoms. The van der Waals surface area contributed by atoms with Crippen molar-refractivity contribution in [2.24, 2.45) is 0 Å². The Hall–Kier alpha value is -2.93. The van der Waals surface area contributed by atoms with Crippen molar-refractivity contribution in [1.29, 1.82) is 0 Å². The summed E-state index contributed by atoms with van der Waals surface area (Å²) < 4.78 is 1.48. The van der Waals surface area contributed by atoms with E-state index in [1.54, 1.807) is 30.6 Å². The number of hydrogen-bond acceptors (Lipinski definition) is 4. The fraction of sp³-hybridized carbons (Fsp3) is 0.176. The topological polar surface area (TPSA) is 97.1 Å². The number of halogens is 1. The first-order chi connectivity index (χ1) is 12.0. The zero-order chi connectivity index (χ0) is 17.8. The lowest BCUT2D eigenvalue weighted by Crippen LogP contribution is -2.28. The summed E-state index contributed by atoms with van der Waals surface area (Å²) in [5.74, 6) is -1.23. The molecule has 2 aromatic heterocycles. The van der Waals surface area contributed by atoms with Gasteiger partial charge in [-0.2, -0.15) is 5.10 Å². The second kappa shape index (κ2) is 7.31. The molecule has 3 rings (SSSR count). The van der Waals surface area contributed by atoms with Crippen molar-refractivity contribution in [3.8, 4) is 0 Å². The van der Waals surface area contributed by atoms with Gasteiger partial charge in [-0.1, -0.05) is 17.7 Å². The number of carboxylic acid groups (broad SMARTS) is 1. The van der Waals surface area contributed by atoms with Crippen molar-refractivity contribution in [2.45, 2.75) is 13.0 Å². The number of carbonyl (C=O) groups excluding carboxylic acids is 1. The van der Waals surface area contributed by atoms with Crippen LogP contribution in [-0.2, 0) is 17.8 Å². The molecular formula is C17H15ClN4O3. The van der Waals surface area contributed by atoms with Crippen LogP contribution in [0.2, 0.25) is 5.02 Å². The molecule has 1 aromatic carbocycles. The number of aromatic carboxylic acids is 1. The van der Waals surface area contributed by atoms with Gasteiger partial charge in [0.25, 0.3) is 0 Å². The molecule has 3 aromatic rings. The summed E-state index contributed by atoms with van der Waals surface area (Å²) in [6.07, 6.45) is 3.41. The third kappa shape index (κ3) is 3.95. The molecule has 0 aliphatic carbocycles. The van der Waals surface area contributed by atoms with Crippen molar-refractivity contribution in [1.82, 2.24) is 20.1 Å². The number of nitrogens with one attached hydrogen (secondary N) is 1. The molecule has 0 bridgehead atoms. The van der Waals surface area contributed by atoms with Crippen LogP contribution in [0.25, 0.3) is 10.9 Å². The zero-order valence-corrected chi connectivity index (χ0v) is 13.9. The molecule has 0 saturated heterocycles. The first-order valence-electron chi connectivity index (χ1n) is 7.60. The number of benzene rings is 1.